The van der Waals surface area contributed by atoms with E-state index in [9.17, 15) is 0 Å². The molecule has 0 heterocycles. The summed E-state index contributed by atoms with van der Waals surface area (Å²) < 4.78 is 0. The van der Waals surface area contributed by atoms with E-state index in [0.29, 0.717) is 10.2 Å². The molecule has 0 fully saturated rings. The molecule has 1 heteroatoms. The standard InChI is InChI=1S/C14H19Br/c1-4-5-10-6-7-12-11(8-10)13(15)9-14(12,2)3/h6-8,13H,4-5,9H2,1-3H3. The van der Waals surface area contributed by atoms with Gasteiger partial charge in [-0.3, -0.25) is 0 Å². The van der Waals surface area contributed by atoms with E-state index in [0.717, 1.165) is 0 Å². The van der Waals surface area contributed by atoms with E-state index in [1.165, 1.54) is 36.0 Å². The number of halogens is 1. The first kappa shape index (κ1) is 11.2. The quantitative estimate of drug-likeness (QED) is 0.678. The highest BCUT2D eigenvalue weighted by molar-refractivity contribution is 9.09. The predicted octanol–water partition coefficient (Wildman–Crippen LogP) is 4.76. The Kier molecular flexibility index (Phi) is 2.94. The predicted molar refractivity (Wildman–Crippen MR) is 69.7 cm³/mol. The molecule has 0 saturated carbocycles. The van der Waals surface area contributed by atoms with Crippen molar-refractivity contribution >= 4 is 15.9 Å². The van der Waals surface area contributed by atoms with Crippen molar-refractivity contribution in [2.75, 3.05) is 0 Å². The van der Waals surface area contributed by atoms with E-state index in [1.807, 2.05) is 0 Å². The zero-order valence-corrected chi connectivity index (χ0v) is 11.4. The van der Waals surface area contributed by atoms with Crippen molar-refractivity contribution in [1.29, 1.82) is 0 Å². The average molecular weight is 267 g/mol. The van der Waals surface area contributed by atoms with Gasteiger partial charge in [-0.15, -0.1) is 0 Å². The van der Waals surface area contributed by atoms with Crippen LogP contribution >= 0.6 is 15.9 Å². The number of fused-ring (bicyclic) bond motifs is 1. The molecule has 1 unspecified atom stereocenters. The third-order valence-electron chi connectivity index (χ3n) is 3.41. The number of rotatable bonds is 2. The minimum atomic E-state index is 0.342. The van der Waals surface area contributed by atoms with Gasteiger partial charge in [0, 0.05) is 4.83 Å². The molecule has 0 aliphatic heterocycles. The maximum atomic E-state index is 3.80. The van der Waals surface area contributed by atoms with E-state index in [4.69, 9.17) is 0 Å². The lowest BCUT2D eigenvalue weighted by atomic mass is 9.86. The Balaban J connectivity index is 2.41. The van der Waals surface area contributed by atoms with Gasteiger partial charge in [0.15, 0.2) is 0 Å². The van der Waals surface area contributed by atoms with Crippen LogP contribution in [0.15, 0.2) is 18.2 Å². The van der Waals surface area contributed by atoms with Crippen molar-refractivity contribution in [3.63, 3.8) is 0 Å². The van der Waals surface area contributed by atoms with Crippen LogP contribution in [-0.2, 0) is 11.8 Å². The first-order chi connectivity index (χ1) is 7.04. The van der Waals surface area contributed by atoms with Crippen LogP contribution < -0.4 is 0 Å². The van der Waals surface area contributed by atoms with Crippen LogP contribution in [0, 0.1) is 0 Å². The molecule has 0 radical (unpaired) electrons. The van der Waals surface area contributed by atoms with Crippen molar-refractivity contribution in [3.05, 3.63) is 34.9 Å². The number of benzene rings is 1. The molecule has 15 heavy (non-hydrogen) atoms. The van der Waals surface area contributed by atoms with Gasteiger partial charge in [0.05, 0.1) is 0 Å². The monoisotopic (exact) mass is 266 g/mol. The maximum absolute atomic E-state index is 3.80. The molecule has 1 aromatic carbocycles. The van der Waals surface area contributed by atoms with E-state index in [2.05, 4.69) is 54.9 Å². The lowest BCUT2D eigenvalue weighted by molar-refractivity contribution is 0.521. The molecule has 0 saturated heterocycles. The molecular weight excluding hydrogens is 248 g/mol. The molecule has 0 N–H and O–H groups in total. The average Bonchev–Trinajstić information content (AvgIpc) is 2.38. The molecule has 1 aliphatic carbocycles. The summed E-state index contributed by atoms with van der Waals surface area (Å²) >= 11 is 3.80. The van der Waals surface area contributed by atoms with Gasteiger partial charge in [-0.1, -0.05) is 61.3 Å². The Morgan fingerprint density at radius 2 is 2.13 bits per heavy atom. The van der Waals surface area contributed by atoms with Gasteiger partial charge in [0.25, 0.3) is 0 Å². The Bertz CT molecular complexity index is 366. The molecule has 0 amide bonds. The Morgan fingerprint density at radius 3 is 2.80 bits per heavy atom. The number of alkyl halides is 1. The van der Waals surface area contributed by atoms with Gasteiger partial charge < -0.3 is 0 Å². The van der Waals surface area contributed by atoms with Crippen LogP contribution in [0.2, 0.25) is 0 Å². The van der Waals surface area contributed by atoms with Crippen molar-refractivity contribution in [3.8, 4) is 0 Å². The minimum Gasteiger partial charge on any atom is -0.0838 e. The van der Waals surface area contributed by atoms with Crippen molar-refractivity contribution in [2.45, 2.75) is 50.3 Å². The van der Waals surface area contributed by atoms with Gasteiger partial charge >= 0.3 is 0 Å². The molecule has 1 aliphatic rings. The fourth-order valence-electron chi connectivity index (χ4n) is 2.60. The topological polar surface area (TPSA) is 0 Å². The first-order valence-corrected chi connectivity index (χ1v) is 6.73. The van der Waals surface area contributed by atoms with Gasteiger partial charge in [0.2, 0.25) is 0 Å². The highest BCUT2D eigenvalue weighted by Gasteiger charge is 2.35. The normalized spacial score (nSPS) is 22.8. The Labute approximate surface area is 101 Å². The lowest BCUT2D eigenvalue weighted by Gasteiger charge is -2.18. The third kappa shape index (κ3) is 1.99. The fourth-order valence-corrected chi connectivity index (χ4v) is 3.79. The van der Waals surface area contributed by atoms with Gasteiger partial charge in [-0.25, -0.2) is 0 Å². The second-order valence-electron chi connectivity index (χ2n) is 5.23. The summed E-state index contributed by atoms with van der Waals surface area (Å²) in [5, 5.41) is 0. The second kappa shape index (κ2) is 3.93. The minimum absolute atomic E-state index is 0.342. The van der Waals surface area contributed by atoms with Gasteiger partial charge in [-0.2, -0.15) is 0 Å². The summed E-state index contributed by atoms with van der Waals surface area (Å²) in [5.74, 6) is 0. The second-order valence-corrected chi connectivity index (χ2v) is 6.33. The van der Waals surface area contributed by atoms with Crippen LogP contribution in [0.1, 0.15) is 55.1 Å². The summed E-state index contributed by atoms with van der Waals surface area (Å²) in [7, 11) is 0. The smallest absolute Gasteiger partial charge is 0.0406 e. The highest BCUT2D eigenvalue weighted by Crippen LogP contribution is 2.48. The van der Waals surface area contributed by atoms with E-state index in [1.54, 1.807) is 0 Å². The van der Waals surface area contributed by atoms with Crippen LogP contribution in [0.5, 0.6) is 0 Å². The van der Waals surface area contributed by atoms with Crippen molar-refractivity contribution < 1.29 is 0 Å². The number of aryl methyl sites for hydroxylation is 1. The Hall–Kier alpha value is -0.300. The SMILES string of the molecule is CCCc1ccc2c(c1)C(Br)CC2(C)C. The largest absolute Gasteiger partial charge is 0.0838 e. The summed E-state index contributed by atoms with van der Waals surface area (Å²) in [5.41, 5.74) is 4.88. The zero-order chi connectivity index (χ0) is 11.1. The zero-order valence-electron chi connectivity index (χ0n) is 9.81. The number of hydrogen-bond donors (Lipinski definition) is 0. The van der Waals surface area contributed by atoms with Crippen molar-refractivity contribution in [2.24, 2.45) is 0 Å². The third-order valence-corrected chi connectivity index (χ3v) is 4.23. The van der Waals surface area contributed by atoms with Crippen LogP contribution in [-0.4, -0.2) is 0 Å². The fraction of sp³-hybridized carbons (Fsp3) is 0.571. The molecule has 0 nitrogen and oxygen atoms in total. The van der Waals surface area contributed by atoms with Gasteiger partial charge in [-0.05, 0) is 34.9 Å². The summed E-state index contributed by atoms with van der Waals surface area (Å²) in [4.78, 5) is 0.555. The van der Waals surface area contributed by atoms with Crippen LogP contribution in [0.4, 0.5) is 0 Å². The van der Waals surface area contributed by atoms with Crippen LogP contribution in [0.25, 0.3) is 0 Å². The number of hydrogen-bond acceptors (Lipinski definition) is 0. The summed E-state index contributed by atoms with van der Waals surface area (Å²) in [6.45, 7) is 6.92. The molecule has 0 aromatic heterocycles. The van der Waals surface area contributed by atoms with E-state index >= 15 is 0 Å². The molecule has 2 rings (SSSR count). The Morgan fingerprint density at radius 1 is 1.40 bits per heavy atom. The molecule has 0 spiro atoms. The van der Waals surface area contributed by atoms with E-state index < -0.39 is 0 Å². The summed E-state index contributed by atoms with van der Waals surface area (Å²) in [6.07, 6.45) is 3.65. The summed E-state index contributed by atoms with van der Waals surface area (Å²) in [6, 6.07) is 7.03. The molecular formula is C14H19Br. The highest BCUT2D eigenvalue weighted by atomic mass is 79.9. The molecule has 82 valence electrons. The van der Waals surface area contributed by atoms with E-state index in [-0.39, 0.29) is 0 Å². The molecule has 1 aromatic rings. The molecule has 1 atom stereocenters. The van der Waals surface area contributed by atoms with Gasteiger partial charge in [0.1, 0.15) is 0 Å². The molecule has 0 bridgehead atoms. The lowest BCUT2D eigenvalue weighted by Crippen LogP contribution is -2.11. The maximum Gasteiger partial charge on any atom is 0.0406 e. The first-order valence-electron chi connectivity index (χ1n) is 5.82. The van der Waals surface area contributed by atoms with Crippen molar-refractivity contribution in [1.82, 2.24) is 0 Å². The van der Waals surface area contributed by atoms with Crippen LogP contribution in [0.3, 0.4) is 0 Å².